The Morgan fingerprint density at radius 2 is 0.676 bits per heavy atom. The number of aromatic hydroxyl groups is 3. The summed E-state index contributed by atoms with van der Waals surface area (Å²) in [6, 6.07) is 17.8. The molecular weight excluding hydrogens is 539 g/mol. The van der Waals surface area contributed by atoms with Gasteiger partial charge < -0.3 is 15.3 Å². The fourth-order valence-corrected chi connectivity index (χ4v) is 2.18. The standard InChI is InChI=1S/3C7H7NO3.Ru/c3*9-6-4-2-1-3-5(6)7(10)8-11;/h3*1-4,9,11H,(H,8,10);. The maximum Gasteiger partial charge on any atom is 0.278 e. The molecule has 12 nitrogen and oxygen atoms in total. The number of hydrogen-bond acceptors (Lipinski definition) is 9. The summed E-state index contributed by atoms with van der Waals surface area (Å²) in [5, 5.41) is 51.7. The molecule has 0 atom stereocenters. The molecule has 3 rings (SSSR count). The van der Waals surface area contributed by atoms with Crippen LogP contribution in [0.3, 0.4) is 0 Å². The van der Waals surface area contributed by atoms with Crippen molar-refractivity contribution in [2.75, 3.05) is 0 Å². The summed E-state index contributed by atoms with van der Waals surface area (Å²) in [5.41, 5.74) is 4.42. The van der Waals surface area contributed by atoms with Crippen molar-refractivity contribution in [3.8, 4) is 17.2 Å². The maximum absolute atomic E-state index is 10.7. The Bertz CT molecular complexity index is 960. The first kappa shape index (κ1) is 30.0. The van der Waals surface area contributed by atoms with Crippen molar-refractivity contribution in [2.45, 2.75) is 0 Å². The van der Waals surface area contributed by atoms with Crippen molar-refractivity contribution in [3.63, 3.8) is 0 Å². The van der Waals surface area contributed by atoms with Gasteiger partial charge in [-0.1, -0.05) is 36.4 Å². The number of hydrogen-bond donors (Lipinski definition) is 9. The Hall–Kier alpha value is -4.03. The van der Waals surface area contributed by atoms with Crippen LogP contribution in [0, 0.1) is 0 Å². The van der Waals surface area contributed by atoms with Crippen molar-refractivity contribution in [1.29, 1.82) is 0 Å². The molecule has 0 spiro atoms. The SMILES string of the molecule is O=C(NO)c1ccccc1O.O=C(NO)c1ccccc1O.O=C(NO)c1ccccc1O.[Ru]. The van der Waals surface area contributed by atoms with Crippen molar-refractivity contribution in [1.82, 2.24) is 16.4 Å². The van der Waals surface area contributed by atoms with Crippen LogP contribution in [-0.4, -0.2) is 48.7 Å². The number of phenols is 3. The van der Waals surface area contributed by atoms with Gasteiger partial charge in [0.05, 0.1) is 16.7 Å². The number of phenolic OH excluding ortho intramolecular Hbond substituents is 3. The molecule has 3 amide bonds. The van der Waals surface area contributed by atoms with E-state index in [4.69, 9.17) is 30.9 Å². The second-order valence-electron chi connectivity index (χ2n) is 5.87. The molecule has 0 heterocycles. The van der Waals surface area contributed by atoms with Gasteiger partial charge in [-0.2, -0.15) is 0 Å². The zero-order valence-corrected chi connectivity index (χ0v) is 18.9. The van der Waals surface area contributed by atoms with Crippen LogP contribution in [0.1, 0.15) is 31.1 Å². The van der Waals surface area contributed by atoms with Crippen LogP contribution in [0.5, 0.6) is 17.2 Å². The number of amides is 3. The molecule has 0 unspecified atom stereocenters. The molecule has 0 bridgehead atoms. The predicted octanol–water partition coefficient (Wildman–Crippen LogP) is 1.53. The number of nitrogens with one attached hydrogen (secondary N) is 3. The summed E-state index contributed by atoms with van der Waals surface area (Å²) in [7, 11) is 0. The number of carbonyl (C=O) groups excluding carboxylic acids is 3. The Morgan fingerprint density at radius 1 is 0.471 bits per heavy atom. The molecule has 3 aromatic carbocycles. The maximum atomic E-state index is 10.7. The first-order chi connectivity index (χ1) is 15.8. The molecule has 0 aliphatic rings. The number of para-hydroxylation sites is 3. The van der Waals surface area contributed by atoms with Gasteiger partial charge in [-0.05, 0) is 36.4 Å². The Morgan fingerprint density at radius 3 is 0.853 bits per heavy atom. The third-order valence-corrected chi connectivity index (χ3v) is 3.75. The summed E-state index contributed by atoms with van der Waals surface area (Å²) in [4.78, 5) is 32.1. The van der Waals surface area contributed by atoms with Gasteiger partial charge in [0, 0.05) is 19.5 Å². The number of rotatable bonds is 3. The van der Waals surface area contributed by atoms with Crippen LogP contribution >= 0.6 is 0 Å². The molecule has 13 heteroatoms. The van der Waals surface area contributed by atoms with E-state index < -0.39 is 17.7 Å². The summed E-state index contributed by atoms with van der Waals surface area (Å²) >= 11 is 0. The van der Waals surface area contributed by atoms with E-state index in [2.05, 4.69) is 0 Å². The molecule has 0 saturated carbocycles. The van der Waals surface area contributed by atoms with E-state index in [1.54, 1.807) is 36.4 Å². The molecule has 34 heavy (non-hydrogen) atoms. The molecule has 0 aliphatic heterocycles. The molecule has 3 aromatic rings. The zero-order chi connectivity index (χ0) is 24.8. The Balaban J connectivity index is 0.000000473. The van der Waals surface area contributed by atoms with Crippen LogP contribution < -0.4 is 16.4 Å². The minimum Gasteiger partial charge on any atom is -0.507 e. The summed E-state index contributed by atoms with van der Waals surface area (Å²) in [6.07, 6.45) is 0. The second-order valence-corrected chi connectivity index (χ2v) is 5.87. The van der Waals surface area contributed by atoms with Gasteiger partial charge in [-0.25, -0.2) is 16.4 Å². The van der Waals surface area contributed by atoms with Crippen molar-refractivity contribution < 1.29 is 64.8 Å². The van der Waals surface area contributed by atoms with Crippen molar-refractivity contribution >= 4 is 17.7 Å². The topological polar surface area (TPSA) is 209 Å². The van der Waals surface area contributed by atoms with Gasteiger partial charge in [0.15, 0.2) is 0 Å². The van der Waals surface area contributed by atoms with Crippen molar-refractivity contribution in [2.24, 2.45) is 0 Å². The fraction of sp³-hybridized carbons (Fsp3) is 0. The van der Waals surface area contributed by atoms with Gasteiger partial charge in [-0.15, -0.1) is 0 Å². The third-order valence-electron chi connectivity index (χ3n) is 3.75. The largest absolute Gasteiger partial charge is 0.507 e. The van der Waals surface area contributed by atoms with E-state index >= 15 is 0 Å². The van der Waals surface area contributed by atoms with E-state index in [-0.39, 0.29) is 53.4 Å². The number of hydroxylamine groups is 3. The first-order valence-electron chi connectivity index (χ1n) is 8.94. The summed E-state index contributed by atoms with van der Waals surface area (Å²) < 4.78 is 0. The molecule has 0 fully saturated rings. The average Bonchev–Trinajstić information content (AvgIpc) is 2.84. The minimum absolute atomic E-state index is 0. The molecule has 0 saturated heterocycles. The molecule has 0 aliphatic carbocycles. The van der Waals surface area contributed by atoms with Gasteiger partial charge in [0.1, 0.15) is 17.2 Å². The average molecular weight is 560 g/mol. The Kier molecular flexibility index (Phi) is 13.9. The van der Waals surface area contributed by atoms with E-state index in [9.17, 15) is 14.4 Å². The van der Waals surface area contributed by atoms with Gasteiger partial charge in [-0.3, -0.25) is 30.0 Å². The van der Waals surface area contributed by atoms with Crippen LogP contribution in [-0.2, 0) is 19.5 Å². The van der Waals surface area contributed by atoms with Crippen LogP contribution in [0.15, 0.2) is 72.8 Å². The quantitative estimate of drug-likeness (QED) is 0.129. The van der Waals surface area contributed by atoms with Crippen LogP contribution in [0.2, 0.25) is 0 Å². The van der Waals surface area contributed by atoms with E-state index in [0.717, 1.165) is 0 Å². The van der Waals surface area contributed by atoms with E-state index in [0.29, 0.717) is 0 Å². The zero-order valence-electron chi connectivity index (χ0n) is 17.2. The fourth-order valence-electron chi connectivity index (χ4n) is 2.18. The summed E-state index contributed by atoms with van der Waals surface area (Å²) in [6.45, 7) is 0. The van der Waals surface area contributed by atoms with Gasteiger partial charge >= 0.3 is 0 Å². The van der Waals surface area contributed by atoms with Gasteiger partial charge in [0.2, 0.25) is 0 Å². The molecule has 0 radical (unpaired) electrons. The third kappa shape index (κ3) is 9.22. The predicted molar refractivity (Wildman–Crippen MR) is 112 cm³/mol. The first-order valence-corrected chi connectivity index (χ1v) is 8.94. The van der Waals surface area contributed by atoms with Crippen LogP contribution in [0.4, 0.5) is 0 Å². The van der Waals surface area contributed by atoms with Gasteiger partial charge in [0.25, 0.3) is 17.7 Å². The molecule has 0 aromatic heterocycles. The number of carbonyl (C=O) groups is 3. The van der Waals surface area contributed by atoms with Crippen LogP contribution in [0.25, 0.3) is 0 Å². The second kappa shape index (κ2) is 15.7. The number of benzene rings is 3. The summed E-state index contributed by atoms with van der Waals surface area (Å²) in [5.74, 6) is -2.62. The molecule has 182 valence electrons. The van der Waals surface area contributed by atoms with E-state index in [1.165, 1.54) is 52.8 Å². The molecular formula is C21H21N3O9Ru. The smallest absolute Gasteiger partial charge is 0.278 e. The normalized spacial score (nSPS) is 8.91. The van der Waals surface area contributed by atoms with Crippen molar-refractivity contribution in [3.05, 3.63) is 89.5 Å². The monoisotopic (exact) mass is 561 g/mol. The molecule has 9 N–H and O–H groups in total. The Labute approximate surface area is 205 Å². The van der Waals surface area contributed by atoms with E-state index in [1.807, 2.05) is 0 Å². The minimum atomic E-state index is -0.719.